The lowest BCUT2D eigenvalue weighted by Crippen LogP contribution is -2.14. The molecule has 96 valence electrons. The van der Waals surface area contributed by atoms with Crippen LogP contribution in [0.25, 0.3) is 0 Å². The van der Waals surface area contributed by atoms with E-state index in [4.69, 9.17) is 11.6 Å². The molecule has 1 nitrogen and oxygen atoms in total. The Morgan fingerprint density at radius 2 is 1.74 bits per heavy atom. The number of benzene rings is 2. The second-order valence-electron chi connectivity index (χ2n) is 4.87. The highest BCUT2D eigenvalue weighted by Crippen LogP contribution is 2.30. The molecule has 3 heteroatoms. The van der Waals surface area contributed by atoms with Crippen LogP contribution >= 0.6 is 27.5 Å². The highest BCUT2D eigenvalue weighted by atomic mass is 79.9. The van der Waals surface area contributed by atoms with Crippen LogP contribution in [-0.2, 0) is 12.8 Å². The number of Topliss-reactive ketones (excluding diaryl/α,β-unsaturated/α-hetero) is 1. The summed E-state index contributed by atoms with van der Waals surface area (Å²) in [5.41, 5.74) is 3.29. The van der Waals surface area contributed by atoms with Gasteiger partial charge in [0.05, 0.1) is 5.02 Å². The molecule has 0 aromatic heterocycles. The summed E-state index contributed by atoms with van der Waals surface area (Å²) in [5.74, 6) is 0.236. The molecule has 2 aromatic carbocycles. The minimum absolute atomic E-state index is 0.0506. The van der Waals surface area contributed by atoms with E-state index < -0.39 is 0 Å². The summed E-state index contributed by atoms with van der Waals surface area (Å²) in [5, 5.41) is 0.585. The van der Waals surface area contributed by atoms with Crippen LogP contribution in [0.15, 0.2) is 46.9 Å². The van der Waals surface area contributed by atoms with E-state index in [1.165, 1.54) is 11.1 Å². The third-order valence-electron chi connectivity index (χ3n) is 3.63. The predicted octanol–water partition coefficient (Wildman–Crippen LogP) is 4.70. The molecule has 2 aromatic rings. The van der Waals surface area contributed by atoms with Gasteiger partial charge in [0.15, 0.2) is 5.78 Å². The third kappa shape index (κ3) is 2.47. The fourth-order valence-electron chi connectivity index (χ4n) is 2.63. The molecule has 1 aliphatic rings. The molecule has 0 heterocycles. The Hall–Kier alpha value is -1.12. The molecule has 0 unspecified atom stereocenters. The minimum atomic E-state index is 0.0506. The number of fused-ring (bicyclic) bond motifs is 1. The summed E-state index contributed by atoms with van der Waals surface area (Å²) in [6.45, 7) is 0. The summed E-state index contributed by atoms with van der Waals surface area (Å²) >= 11 is 9.40. The molecule has 0 saturated heterocycles. The average molecular weight is 336 g/mol. The van der Waals surface area contributed by atoms with E-state index in [9.17, 15) is 4.79 Å². The Labute approximate surface area is 125 Å². The van der Waals surface area contributed by atoms with Gasteiger partial charge in [-0.1, -0.05) is 41.9 Å². The highest BCUT2D eigenvalue weighted by Gasteiger charge is 2.27. The van der Waals surface area contributed by atoms with Gasteiger partial charge in [-0.25, -0.2) is 0 Å². The summed E-state index contributed by atoms with van der Waals surface area (Å²) < 4.78 is 0.820. The van der Waals surface area contributed by atoms with Gasteiger partial charge in [0.2, 0.25) is 0 Å². The smallest absolute Gasteiger partial charge is 0.166 e. The van der Waals surface area contributed by atoms with Crippen molar-refractivity contribution in [1.82, 2.24) is 0 Å². The lowest BCUT2D eigenvalue weighted by atomic mass is 9.95. The standard InChI is InChI=1S/C16H12BrClO/c17-14-6-5-12(9-15(14)18)16(19)13-7-10-3-1-2-4-11(10)8-13/h1-6,9,13H,7-8H2. The molecule has 0 aliphatic heterocycles. The summed E-state index contributed by atoms with van der Waals surface area (Å²) in [6.07, 6.45) is 1.67. The van der Waals surface area contributed by atoms with Crippen molar-refractivity contribution in [3.8, 4) is 0 Å². The van der Waals surface area contributed by atoms with Crippen molar-refractivity contribution in [3.05, 3.63) is 68.7 Å². The molecule has 0 amide bonds. The fourth-order valence-corrected chi connectivity index (χ4v) is 3.06. The summed E-state index contributed by atoms with van der Waals surface area (Å²) in [4.78, 5) is 12.5. The number of rotatable bonds is 2. The second-order valence-corrected chi connectivity index (χ2v) is 6.13. The van der Waals surface area contributed by atoms with Gasteiger partial charge in [0.1, 0.15) is 0 Å². The van der Waals surface area contributed by atoms with Crippen LogP contribution in [0.3, 0.4) is 0 Å². The lowest BCUT2D eigenvalue weighted by Gasteiger charge is -2.08. The minimum Gasteiger partial charge on any atom is -0.294 e. The largest absolute Gasteiger partial charge is 0.294 e. The molecule has 0 bridgehead atoms. The van der Waals surface area contributed by atoms with Gasteiger partial charge in [0, 0.05) is 16.0 Å². The van der Waals surface area contributed by atoms with E-state index in [0.717, 1.165) is 17.3 Å². The molecular weight excluding hydrogens is 324 g/mol. The first-order valence-electron chi connectivity index (χ1n) is 6.21. The molecule has 3 rings (SSSR count). The topological polar surface area (TPSA) is 17.1 Å². The van der Waals surface area contributed by atoms with Crippen molar-refractivity contribution >= 4 is 33.3 Å². The van der Waals surface area contributed by atoms with Crippen molar-refractivity contribution in [2.45, 2.75) is 12.8 Å². The van der Waals surface area contributed by atoms with Gasteiger partial charge in [0.25, 0.3) is 0 Å². The number of hydrogen-bond donors (Lipinski definition) is 0. The van der Waals surface area contributed by atoms with Gasteiger partial charge in [-0.05, 0) is 52.0 Å². The SMILES string of the molecule is O=C(c1ccc(Br)c(Cl)c1)C1Cc2ccccc2C1. The summed E-state index contributed by atoms with van der Waals surface area (Å²) in [7, 11) is 0. The molecule has 0 fully saturated rings. The quantitative estimate of drug-likeness (QED) is 0.727. The normalized spacial score (nSPS) is 14.4. The van der Waals surface area contributed by atoms with E-state index in [2.05, 4.69) is 28.1 Å². The van der Waals surface area contributed by atoms with Gasteiger partial charge in [-0.3, -0.25) is 4.79 Å². The van der Waals surface area contributed by atoms with E-state index in [-0.39, 0.29) is 11.7 Å². The summed E-state index contributed by atoms with van der Waals surface area (Å²) in [6, 6.07) is 13.7. The first-order valence-corrected chi connectivity index (χ1v) is 7.38. The zero-order valence-electron chi connectivity index (χ0n) is 10.2. The van der Waals surface area contributed by atoms with Crippen LogP contribution in [0.5, 0.6) is 0 Å². The van der Waals surface area contributed by atoms with Crippen molar-refractivity contribution < 1.29 is 4.79 Å². The lowest BCUT2D eigenvalue weighted by molar-refractivity contribution is 0.0924. The highest BCUT2D eigenvalue weighted by molar-refractivity contribution is 9.10. The Kier molecular flexibility index (Phi) is 3.46. The van der Waals surface area contributed by atoms with Crippen molar-refractivity contribution in [2.24, 2.45) is 5.92 Å². The number of ketones is 1. The predicted molar refractivity (Wildman–Crippen MR) is 80.8 cm³/mol. The second kappa shape index (κ2) is 5.10. The maximum absolute atomic E-state index is 12.5. The molecule has 0 spiro atoms. The molecule has 0 radical (unpaired) electrons. The van der Waals surface area contributed by atoms with E-state index in [0.29, 0.717) is 10.6 Å². The fraction of sp³-hybridized carbons (Fsp3) is 0.188. The Balaban J connectivity index is 1.85. The van der Waals surface area contributed by atoms with Crippen LogP contribution in [0, 0.1) is 5.92 Å². The maximum atomic E-state index is 12.5. The maximum Gasteiger partial charge on any atom is 0.166 e. The van der Waals surface area contributed by atoms with Crippen LogP contribution < -0.4 is 0 Å². The first-order chi connectivity index (χ1) is 9.15. The van der Waals surface area contributed by atoms with Crippen LogP contribution in [0.4, 0.5) is 0 Å². The number of hydrogen-bond acceptors (Lipinski definition) is 1. The van der Waals surface area contributed by atoms with Gasteiger partial charge >= 0.3 is 0 Å². The molecular formula is C16H12BrClO. The van der Waals surface area contributed by atoms with Crippen molar-refractivity contribution in [3.63, 3.8) is 0 Å². The zero-order valence-corrected chi connectivity index (χ0v) is 12.5. The Morgan fingerprint density at radius 1 is 1.11 bits per heavy atom. The monoisotopic (exact) mass is 334 g/mol. The van der Waals surface area contributed by atoms with Gasteiger partial charge < -0.3 is 0 Å². The van der Waals surface area contributed by atoms with Crippen LogP contribution in [-0.4, -0.2) is 5.78 Å². The van der Waals surface area contributed by atoms with E-state index >= 15 is 0 Å². The number of carbonyl (C=O) groups is 1. The molecule has 0 saturated carbocycles. The average Bonchev–Trinajstić information content (AvgIpc) is 2.85. The molecule has 0 atom stereocenters. The Bertz CT molecular complexity index is 626. The zero-order chi connectivity index (χ0) is 13.4. The third-order valence-corrected chi connectivity index (χ3v) is 4.86. The number of carbonyl (C=O) groups excluding carboxylic acids is 1. The molecule has 19 heavy (non-hydrogen) atoms. The van der Waals surface area contributed by atoms with E-state index in [1.54, 1.807) is 6.07 Å². The van der Waals surface area contributed by atoms with Crippen molar-refractivity contribution in [1.29, 1.82) is 0 Å². The van der Waals surface area contributed by atoms with Crippen LogP contribution in [0.1, 0.15) is 21.5 Å². The van der Waals surface area contributed by atoms with Crippen molar-refractivity contribution in [2.75, 3.05) is 0 Å². The first kappa shape index (κ1) is 12.9. The van der Waals surface area contributed by atoms with E-state index in [1.807, 2.05) is 24.3 Å². The van der Waals surface area contributed by atoms with Gasteiger partial charge in [-0.2, -0.15) is 0 Å². The molecule has 0 N–H and O–H groups in total. The molecule has 1 aliphatic carbocycles. The number of halogens is 2. The Morgan fingerprint density at radius 3 is 2.32 bits per heavy atom. The van der Waals surface area contributed by atoms with Crippen LogP contribution in [0.2, 0.25) is 5.02 Å². The van der Waals surface area contributed by atoms with Gasteiger partial charge in [-0.15, -0.1) is 0 Å².